The summed E-state index contributed by atoms with van der Waals surface area (Å²) in [5, 5.41) is 12.4. The first kappa shape index (κ1) is 85.7. The number of benzene rings is 20. The quantitative estimate of drug-likeness (QED) is 0.0788. The first-order chi connectivity index (χ1) is 71.8. The molecule has 7 aromatic heterocycles. The molecule has 0 bridgehead atoms. The molecule has 9 heterocycles. The molecule has 0 spiro atoms. The Kier molecular flexibility index (Phi) is 21.3. The predicted molar refractivity (Wildman–Crippen MR) is 606 cm³/mol. The molecule has 1 unspecified atom stereocenters. The van der Waals surface area contributed by atoms with Crippen molar-refractivity contribution in [1.29, 1.82) is 0 Å². The highest BCUT2D eigenvalue weighted by Crippen LogP contribution is 2.54. The van der Waals surface area contributed by atoms with E-state index in [1.807, 2.05) is 139 Å². The minimum absolute atomic E-state index is 0.240. The van der Waals surface area contributed by atoms with Crippen molar-refractivity contribution in [2.75, 3.05) is 0 Å². The Bertz CT molecular complexity index is 9710. The summed E-state index contributed by atoms with van der Waals surface area (Å²) in [6, 6.07) is 179. The summed E-state index contributed by atoms with van der Waals surface area (Å²) in [7, 11) is -2.99. The molecule has 20 aromatic carbocycles. The summed E-state index contributed by atoms with van der Waals surface area (Å²) < 4.78 is 24.4. The molecule has 29 rings (SSSR count). The van der Waals surface area contributed by atoms with Crippen LogP contribution < -0.4 is 32.3 Å². The van der Waals surface area contributed by atoms with Gasteiger partial charge in [-0.15, -0.1) is 11.3 Å². The van der Waals surface area contributed by atoms with E-state index in [1.54, 1.807) is 0 Å². The van der Waals surface area contributed by atoms with Crippen LogP contribution in [-0.4, -0.2) is 50.3 Å². The van der Waals surface area contributed by atoms with Crippen molar-refractivity contribution in [2.24, 2.45) is 0 Å². The van der Waals surface area contributed by atoms with Gasteiger partial charge in [0.1, 0.15) is 0 Å². The molecule has 0 amide bonds. The molecular formula is C132H85BN9OPS. The highest BCUT2D eigenvalue weighted by molar-refractivity contribution is 7.86. The number of fused-ring (bicyclic) bond motifs is 18. The molecule has 1 atom stereocenters. The molecule has 2 aliphatic heterocycles. The number of hydrogen-bond acceptors (Lipinski definition) is 8. The third-order valence-electron chi connectivity index (χ3n) is 28.6. The van der Waals surface area contributed by atoms with Crippen LogP contribution in [0.2, 0.25) is 0 Å². The lowest BCUT2D eigenvalue weighted by molar-refractivity contribution is 0.593. The summed E-state index contributed by atoms with van der Waals surface area (Å²) in [5.74, 6) is 2.00. The van der Waals surface area contributed by atoms with Gasteiger partial charge >= 0.3 is 0 Å². The Morgan fingerprint density at radius 2 is 0.593 bits per heavy atom. The van der Waals surface area contributed by atoms with E-state index >= 15 is 0 Å². The lowest BCUT2D eigenvalue weighted by Crippen LogP contribution is -2.48. The van der Waals surface area contributed by atoms with Crippen molar-refractivity contribution in [3.05, 3.63) is 516 Å². The Labute approximate surface area is 841 Å². The van der Waals surface area contributed by atoms with Crippen LogP contribution in [0, 0.1) is 0 Å². The first-order valence-corrected chi connectivity index (χ1v) is 51.5. The van der Waals surface area contributed by atoms with Gasteiger partial charge in [0.2, 0.25) is 18.6 Å². The van der Waals surface area contributed by atoms with Gasteiger partial charge in [-0.3, -0.25) is 9.13 Å². The first-order valence-electron chi connectivity index (χ1n) is 49.0. The third-order valence-corrected chi connectivity index (χ3v) is 33.0. The van der Waals surface area contributed by atoms with E-state index in [1.165, 1.54) is 103 Å². The van der Waals surface area contributed by atoms with Gasteiger partial charge in [-0.05, 0) is 177 Å². The zero-order valence-corrected chi connectivity index (χ0v) is 80.2. The molecule has 13 heteroatoms. The normalized spacial score (nSPS) is 12.9. The van der Waals surface area contributed by atoms with Crippen molar-refractivity contribution in [3.8, 4) is 141 Å². The van der Waals surface area contributed by atoms with E-state index in [0.717, 1.165) is 139 Å². The van der Waals surface area contributed by atoms with Gasteiger partial charge in [0, 0.05) is 114 Å². The smallest absolute Gasteiger partial charge is 0.242 e. The number of hydrogen-bond donors (Lipinski definition) is 0. The highest BCUT2D eigenvalue weighted by atomic mass is 32.1. The predicted octanol–water partition coefficient (Wildman–Crippen LogP) is 30.2. The molecular weight excluding hydrogens is 1800 g/mol. The SMILES string of the molecule is O=P1(c2ccccc2)c2ccccc2-c2cc(-c3ccc4c(c3)c3ccccc3n4-c3nc(-c4ccccc4)cc(-c4ccccc4)n3)ccc21.c1ccc(-c2ccnc(-c3cccc(-n4c5ccccc5c5cc(-c6ccc7sc8ccccc8c7c6)ccc54)c3)n2)cc1.c1ccc(B2c3ccccc3-c3cc(-c4ccc5c(c4)c4ccccc4n5-c4nc(-c5ccccc5)cc(-c5ccccc5)n4)ccc32)cc1. The molecule has 0 radical (unpaired) electrons. The van der Waals surface area contributed by atoms with E-state index in [4.69, 9.17) is 24.9 Å². The zero-order chi connectivity index (χ0) is 96.0. The van der Waals surface area contributed by atoms with Gasteiger partial charge in [0.15, 0.2) is 13.0 Å². The van der Waals surface area contributed by atoms with E-state index in [9.17, 15) is 4.57 Å². The lowest BCUT2D eigenvalue weighted by atomic mass is 9.39. The van der Waals surface area contributed by atoms with Gasteiger partial charge in [0.25, 0.3) is 0 Å². The van der Waals surface area contributed by atoms with Crippen LogP contribution in [-0.2, 0) is 4.57 Å². The van der Waals surface area contributed by atoms with Crippen LogP contribution in [0.15, 0.2) is 516 Å². The molecule has 145 heavy (non-hydrogen) atoms. The molecule has 0 saturated carbocycles. The molecule has 0 N–H and O–H groups in total. The van der Waals surface area contributed by atoms with E-state index in [2.05, 4.69) is 407 Å². The van der Waals surface area contributed by atoms with Crippen LogP contribution in [0.4, 0.5) is 0 Å². The average molecular weight is 1890 g/mol. The maximum Gasteiger partial charge on any atom is 0.242 e. The standard InChI is InChI=1S/C46H30BN3.C46H30N3OP.C40H25N3S/c1-4-14-31(15-5-1)42-30-43(32-16-6-2-7-17-32)49-46(48-42)50-44-23-13-11-21-37(44)39-29-34(25-27-45(39)50)33-24-26-41-38(28-33)36-20-10-12-22-40(36)47(41)35-18-8-3-9-19-35;50-51(35-18-8-3-9-19-35)44-23-13-11-21-37(44)39-29-34(25-27-45(39)51)33-24-26-43-38(28-33)36-20-10-12-22-42(36)49(43)46-47-40(31-14-4-1-5-15-31)30-41(48-46)32-16-6-2-7-17-32;1-2-9-26(10-3-1)35-21-22-41-40(42-35)29-11-8-12-30(23-29)43-36-15-6-4-13-31(36)33-24-27(17-19-37(33)43)28-18-20-39-34(25-28)32-14-5-7-16-38(32)44-39/h1-30H;1-30H;1-25H. The number of nitrogens with zero attached hydrogens (tertiary/aromatic N) is 9. The summed E-state index contributed by atoms with van der Waals surface area (Å²) in [6.45, 7) is 0.240. The van der Waals surface area contributed by atoms with Gasteiger partial charge in [-0.2, -0.15) is 0 Å². The maximum atomic E-state index is 15.0. The van der Waals surface area contributed by atoms with Gasteiger partial charge in [0.05, 0.1) is 61.6 Å². The number of para-hydroxylation sites is 3. The molecule has 2 aliphatic rings. The van der Waals surface area contributed by atoms with Crippen LogP contribution in [0.25, 0.3) is 226 Å². The van der Waals surface area contributed by atoms with Crippen molar-refractivity contribution >= 4 is 143 Å². The van der Waals surface area contributed by atoms with Gasteiger partial charge in [-0.1, -0.05) is 405 Å². The Hall–Kier alpha value is -18.4. The molecule has 27 aromatic rings. The van der Waals surface area contributed by atoms with Gasteiger partial charge < -0.3 is 9.13 Å². The van der Waals surface area contributed by atoms with E-state index < -0.39 is 7.14 Å². The molecule has 10 nitrogen and oxygen atoms in total. The summed E-state index contributed by atoms with van der Waals surface area (Å²) in [4.78, 5) is 30.3. The molecule has 0 saturated heterocycles. The van der Waals surface area contributed by atoms with Crippen molar-refractivity contribution in [1.82, 2.24) is 43.6 Å². The van der Waals surface area contributed by atoms with Crippen LogP contribution >= 0.6 is 18.5 Å². The fourth-order valence-electron chi connectivity index (χ4n) is 21.8. The average Bonchev–Trinajstić information content (AvgIpc) is 1.55. The minimum atomic E-state index is -2.99. The zero-order valence-electron chi connectivity index (χ0n) is 78.4. The second-order valence-corrected chi connectivity index (χ2v) is 40.8. The fourth-order valence-corrected chi connectivity index (χ4v) is 26.0. The monoisotopic (exact) mass is 1890 g/mol. The maximum absolute atomic E-state index is 15.0. The number of thiophene rings is 1. The Morgan fingerprint density at radius 3 is 1.13 bits per heavy atom. The van der Waals surface area contributed by atoms with Crippen molar-refractivity contribution < 1.29 is 4.57 Å². The number of aromatic nitrogens is 9. The Morgan fingerprint density at radius 1 is 0.221 bits per heavy atom. The van der Waals surface area contributed by atoms with Crippen molar-refractivity contribution in [2.45, 2.75) is 0 Å². The van der Waals surface area contributed by atoms with E-state index in [-0.39, 0.29) is 6.71 Å². The fraction of sp³-hybridized carbons (Fsp3) is 0. The molecule has 0 aliphatic carbocycles. The van der Waals surface area contributed by atoms with Crippen molar-refractivity contribution in [3.63, 3.8) is 0 Å². The lowest BCUT2D eigenvalue weighted by Gasteiger charge is -2.16. The molecule has 0 fully saturated rings. The van der Waals surface area contributed by atoms with E-state index in [0.29, 0.717) is 17.7 Å². The highest BCUT2D eigenvalue weighted by Gasteiger charge is 2.41. The topological polar surface area (TPSA) is 109 Å². The van der Waals surface area contributed by atoms with Crippen LogP contribution in [0.5, 0.6) is 0 Å². The summed E-state index contributed by atoms with van der Waals surface area (Å²) in [6.07, 6.45) is 1.84. The second kappa shape index (κ2) is 36.0. The Balaban J connectivity index is 0.000000108. The minimum Gasteiger partial charge on any atom is -0.309 e. The summed E-state index contributed by atoms with van der Waals surface area (Å²) >= 11 is 1.86. The summed E-state index contributed by atoms with van der Waals surface area (Å²) in [5.41, 5.74) is 34.2. The second-order valence-electron chi connectivity index (χ2n) is 37.0. The molecule has 678 valence electrons. The number of rotatable bonds is 14. The van der Waals surface area contributed by atoms with Crippen LogP contribution in [0.1, 0.15) is 0 Å². The largest absolute Gasteiger partial charge is 0.309 e. The van der Waals surface area contributed by atoms with Gasteiger partial charge in [-0.25, -0.2) is 29.9 Å². The van der Waals surface area contributed by atoms with Crippen LogP contribution in [0.3, 0.4) is 0 Å². The third kappa shape index (κ3) is 15.2.